The molecular formula is C15H20BrNO2. The van der Waals surface area contributed by atoms with Crippen molar-refractivity contribution in [1.29, 1.82) is 0 Å². The number of benzene rings is 1. The minimum absolute atomic E-state index is 0.364. The van der Waals surface area contributed by atoms with E-state index in [4.69, 9.17) is 0 Å². The maximum absolute atomic E-state index is 11.4. The number of aromatic carboxylic acids is 1. The number of rotatable bonds is 2. The lowest BCUT2D eigenvalue weighted by Gasteiger charge is -2.43. The SMILES string of the molecule is CC1CC(C)C(C)N(c2cc(Br)ccc2C(=O)O)C1. The number of anilines is 1. The Morgan fingerprint density at radius 1 is 1.37 bits per heavy atom. The van der Waals surface area contributed by atoms with Gasteiger partial charge in [0.25, 0.3) is 0 Å². The number of nitrogens with zero attached hydrogens (tertiary/aromatic N) is 1. The molecule has 0 radical (unpaired) electrons. The third kappa shape index (κ3) is 2.94. The molecule has 1 aromatic rings. The van der Waals surface area contributed by atoms with Crippen molar-refractivity contribution in [1.82, 2.24) is 0 Å². The van der Waals surface area contributed by atoms with Crippen molar-refractivity contribution in [2.24, 2.45) is 11.8 Å². The van der Waals surface area contributed by atoms with Crippen molar-refractivity contribution in [3.8, 4) is 0 Å². The van der Waals surface area contributed by atoms with Crippen molar-refractivity contribution >= 4 is 27.6 Å². The minimum atomic E-state index is -0.861. The third-order valence-corrected chi connectivity index (χ3v) is 4.59. The molecular weight excluding hydrogens is 306 g/mol. The van der Waals surface area contributed by atoms with E-state index in [1.54, 1.807) is 12.1 Å². The number of hydrogen-bond donors (Lipinski definition) is 1. The molecule has 3 unspecified atom stereocenters. The number of halogens is 1. The second kappa shape index (κ2) is 5.53. The van der Waals surface area contributed by atoms with Crippen LogP contribution in [0.5, 0.6) is 0 Å². The van der Waals surface area contributed by atoms with Crippen LogP contribution in [-0.2, 0) is 0 Å². The van der Waals surface area contributed by atoms with Gasteiger partial charge < -0.3 is 10.0 Å². The van der Waals surface area contributed by atoms with E-state index in [-0.39, 0.29) is 0 Å². The van der Waals surface area contributed by atoms with E-state index in [0.29, 0.717) is 23.4 Å². The Kier molecular flexibility index (Phi) is 4.19. The van der Waals surface area contributed by atoms with E-state index in [0.717, 1.165) is 16.7 Å². The average molecular weight is 326 g/mol. The summed E-state index contributed by atoms with van der Waals surface area (Å²) in [6.45, 7) is 7.57. The maximum Gasteiger partial charge on any atom is 0.337 e. The van der Waals surface area contributed by atoms with Crippen LogP contribution in [-0.4, -0.2) is 23.7 Å². The summed E-state index contributed by atoms with van der Waals surface area (Å²) in [5.41, 5.74) is 1.21. The maximum atomic E-state index is 11.4. The molecule has 1 N–H and O–H groups in total. The molecule has 2 rings (SSSR count). The molecule has 1 aromatic carbocycles. The quantitative estimate of drug-likeness (QED) is 0.892. The number of hydrogen-bond acceptors (Lipinski definition) is 2. The van der Waals surface area contributed by atoms with Crippen LogP contribution in [0.15, 0.2) is 22.7 Å². The Bertz CT molecular complexity index is 489. The van der Waals surface area contributed by atoms with Crippen LogP contribution in [0, 0.1) is 11.8 Å². The van der Waals surface area contributed by atoms with E-state index in [1.165, 1.54) is 6.42 Å². The Labute approximate surface area is 122 Å². The monoisotopic (exact) mass is 325 g/mol. The molecule has 1 fully saturated rings. The van der Waals surface area contributed by atoms with Gasteiger partial charge in [0.15, 0.2) is 0 Å². The molecule has 0 amide bonds. The first-order valence-electron chi connectivity index (χ1n) is 6.69. The normalized spacial score (nSPS) is 27.4. The van der Waals surface area contributed by atoms with Crippen LogP contribution in [0.4, 0.5) is 5.69 Å². The lowest BCUT2D eigenvalue weighted by Crippen LogP contribution is -2.46. The Hall–Kier alpha value is -1.03. The van der Waals surface area contributed by atoms with E-state index in [2.05, 4.69) is 41.6 Å². The summed E-state index contributed by atoms with van der Waals surface area (Å²) in [5, 5.41) is 9.36. The summed E-state index contributed by atoms with van der Waals surface area (Å²) in [6.07, 6.45) is 1.20. The summed E-state index contributed by atoms with van der Waals surface area (Å²) in [7, 11) is 0. The second-order valence-corrected chi connectivity index (χ2v) is 6.59. The zero-order valence-electron chi connectivity index (χ0n) is 11.6. The summed E-state index contributed by atoms with van der Waals surface area (Å²) >= 11 is 3.44. The standard InChI is InChI=1S/C15H20BrNO2/c1-9-6-10(2)11(3)17(8-9)14-7-12(16)4-5-13(14)15(18)19/h4-5,7,9-11H,6,8H2,1-3H3,(H,18,19). The molecule has 0 aliphatic carbocycles. The highest BCUT2D eigenvalue weighted by atomic mass is 79.9. The molecule has 1 aliphatic heterocycles. The lowest BCUT2D eigenvalue weighted by atomic mass is 9.85. The van der Waals surface area contributed by atoms with Crippen molar-refractivity contribution in [2.75, 3.05) is 11.4 Å². The molecule has 1 heterocycles. The van der Waals surface area contributed by atoms with Gasteiger partial charge in [-0.1, -0.05) is 29.8 Å². The van der Waals surface area contributed by atoms with Crippen molar-refractivity contribution < 1.29 is 9.90 Å². The lowest BCUT2D eigenvalue weighted by molar-refractivity contribution is 0.0697. The average Bonchev–Trinajstić information content (AvgIpc) is 2.33. The zero-order chi connectivity index (χ0) is 14.2. The molecule has 1 aliphatic rings. The highest BCUT2D eigenvalue weighted by molar-refractivity contribution is 9.10. The summed E-state index contributed by atoms with van der Waals surface area (Å²) in [4.78, 5) is 13.6. The molecule has 1 saturated heterocycles. The van der Waals surface area contributed by atoms with Gasteiger partial charge in [-0.15, -0.1) is 0 Å². The van der Waals surface area contributed by atoms with E-state index in [9.17, 15) is 9.90 Å². The first kappa shape index (κ1) is 14.4. The first-order valence-corrected chi connectivity index (χ1v) is 7.49. The first-order chi connectivity index (χ1) is 8.90. The number of piperidine rings is 1. The van der Waals surface area contributed by atoms with Gasteiger partial charge in [-0.2, -0.15) is 0 Å². The molecule has 0 aromatic heterocycles. The van der Waals surface area contributed by atoms with Crippen molar-refractivity contribution in [3.63, 3.8) is 0 Å². The van der Waals surface area contributed by atoms with Crippen LogP contribution in [0.1, 0.15) is 37.6 Å². The molecule has 19 heavy (non-hydrogen) atoms. The third-order valence-electron chi connectivity index (χ3n) is 4.10. The second-order valence-electron chi connectivity index (χ2n) is 5.68. The predicted octanol–water partition coefficient (Wildman–Crippen LogP) is 4.02. The van der Waals surface area contributed by atoms with E-state index >= 15 is 0 Å². The van der Waals surface area contributed by atoms with E-state index < -0.39 is 5.97 Å². The fourth-order valence-electron chi connectivity index (χ4n) is 2.96. The summed E-state index contributed by atoms with van der Waals surface area (Å²) < 4.78 is 0.922. The van der Waals surface area contributed by atoms with Gasteiger partial charge in [-0.3, -0.25) is 0 Å². The molecule has 0 saturated carbocycles. The molecule has 3 atom stereocenters. The van der Waals surface area contributed by atoms with Crippen LogP contribution in [0.25, 0.3) is 0 Å². The molecule has 0 spiro atoms. The highest BCUT2D eigenvalue weighted by Gasteiger charge is 2.31. The Balaban J connectivity index is 2.44. The fraction of sp³-hybridized carbons (Fsp3) is 0.533. The fourth-order valence-corrected chi connectivity index (χ4v) is 3.31. The van der Waals surface area contributed by atoms with Gasteiger partial charge in [-0.05, 0) is 43.4 Å². The minimum Gasteiger partial charge on any atom is -0.478 e. The molecule has 4 heteroatoms. The van der Waals surface area contributed by atoms with Gasteiger partial charge in [0.1, 0.15) is 0 Å². The number of carbonyl (C=O) groups is 1. The number of carboxylic acid groups (broad SMARTS) is 1. The largest absolute Gasteiger partial charge is 0.478 e. The van der Waals surface area contributed by atoms with Gasteiger partial charge >= 0.3 is 5.97 Å². The van der Waals surface area contributed by atoms with Crippen LogP contribution in [0.2, 0.25) is 0 Å². The number of carboxylic acids is 1. The van der Waals surface area contributed by atoms with Crippen LogP contribution in [0.3, 0.4) is 0 Å². The Morgan fingerprint density at radius 2 is 2.05 bits per heavy atom. The van der Waals surface area contributed by atoms with Crippen molar-refractivity contribution in [3.05, 3.63) is 28.2 Å². The van der Waals surface area contributed by atoms with Crippen LogP contribution < -0.4 is 4.90 Å². The highest BCUT2D eigenvalue weighted by Crippen LogP contribution is 2.34. The van der Waals surface area contributed by atoms with Gasteiger partial charge in [0, 0.05) is 17.1 Å². The molecule has 104 valence electrons. The summed E-state index contributed by atoms with van der Waals surface area (Å²) in [6, 6.07) is 5.75. The summed E-state index contributed by atoms with van der Waals surface area (Å²) in [5.74, 6) is 0.303. The van der Waals surface area contributed by atoms with E-state index in [1.807, 2.05) is 6.07 Å². The smallest absolute Gasteiger partial charge is 0.337 e. The van der Waals surface area contributed by atoms with Gasteiger partial charge in [-0.25, -0.2) is 4.79 Å². The topological polar surface area (TPSA) is 40.5 Å². The van der Waals surface area contributed by atoms with Crippen LogP contribution >= 0.6 is 15.9 Å². The predicted molar refractivity (Wildman–Crippen MR) is 80.9 cm³/mol. The molecule has 0 bridgehead atoms. The van der Waals surface area contributed by atoms with Crippen molar-refractivity contribution in [2.45, 2.75) is 33.2 Å². The zero-order valence-corrected chi connectivity index (χ0v) is 13.1. The van der Waals surface area contributed by atoms with Gasteiger partial charge in [0.2, 0.25) is 0 Å². The van der Waals surface area contributed by atoms with Gasteiger partial charge in [0.05, 0.1) is 11.3 Å². The molecule has 3 nitrogen and oxygen atoms in total. The Morgan fingerprint density at radius 3 is 2.68 bits per heavy atom.